The number of nitrogens with zero attached hydrogens (tertiary/aromatic N) is 1. The largest absolute Gasteiger partial charge is 0.440 e. The fourth-order valence-corrected chi connectivity index (χ4v) is 2.68. The molecule has 1 N–H and O–H groups in total. The van der Waals surface area contributed by atoms with Gasteiger partial charge < -0.3 is 14.8 Å². The fourth-order valence-electron chi connectivity index (χ4n) is 2.68. The minimum Gasteiger partial charge on any atom is -0.440 e. The summed E-state index contributed by atoms with van der Waals surface area (Å²) in [5, 5.41) is 3.07. The maximum absolute atomic E-state index is 11.8. The first-order valence-electron chi connectivity index (χ1n) is 11.0. The molecule has 0 radical (unpaired) electrons. The van der Waals surface area contributed by atoms with E-state index in [0.29, 0.717) is 23.9 Å². The van der Waals surface area contributed by atoms with Crippen molar-refractivity contribution >= 4 is 6.41 Å². The van der Waals surface area contributed by atoms with E-state index in [1.54, 1.807) is 7.05 Å². The molecule has 0 fully saturated rings. The lowest BCUT2D eigenvalue weighted by Crippen LogP contribution is -2.31. The lowest BCUT2D eigenvalue weighted by molar-refractivity contribution is -0.123. The molecule has 5 nitrogen and oxygen atoms in total. The Labute approximate surface area is 185 Å². The van der Waals surface area contributed by atoms with Crippen molar-refractivity contribution in [3.8, 4) is 5.75 Å². The second-order valence-electron chi connectivity index (χ2n) is 6.64. The van der Waals surface area contributed by atoms with Crippen LogP contribution in [-0.4, -0.2) is 31.7 Å². The van der Waals surface area contributed by atoms with Crippen LogP contribution in [0.4, 0.5) is 0 Å². The molecule has 0 bridgehead atoms. The van der Waals surface area contributed by atoms with Gasteiger partial charge in [-0.25, -0.2) is 0 Å². The molecule has 0 saturated heterocycles. The monoisotopic (exact) mass is 420 g/mol. The number of benzene rings is 1. The van der Waals surface area contributed by atoms with Gasteiger partial charge in [0.05, 0.1) is 0 Å². The van der Waals surface area contributed by atoms with Crippen LogP contribution in [0.25, 0.3) is 0 Å². The summed E-state index contributed by atoms with van der Waals surface area (Å²) in [5.74, 6) is 1.22. The topological polar surface area (TPSA) is 50.8 Å². The smallest absolute Gasteiger partial charge is 0.218 e. The van der Waals surface area contributed by atoms with Gasteiger partial charge >= 0.3 is 0 Å². The number of carbonyl (C=O) groups is 1. The molecule has 1 aromatic carbocycles. The molecule has 0 saturated carbocycles. The lowest BCUT2D eigenvalue weighted by atomic mass is 10.0. The van der Waals surface area contributed by atoms with Crippen LogP contribution in [0.15, 0.2) is 41.9 Å². The van der Waals surface area contributed by atoms with E-state index in [1.165, 1.54) is 4.90 Å². The van der Waals surface area contributed by atoms with Gasteiger partial charge in [-0.2, -0.15) is 0 Å². The summed E-state index contributed by atoms with van der Waals surface area (Å²) >= 11 is 0. The summed E-state index contributed by atoms with van der Waals surface area (Å²) in [6, 6.07) is 5.97. The van der Waals surface area contributed by atoms with Crippen molar-refractivity contribution in [2.75, 3.05) is 20.4 Å². The number of hydrogen-bond donors (Lipinski definition) is 1. The van der Waals surface area contributed by atoms with E-state index in [0.717, 1.165) is 29.5 Å². The first-order chi connectivity index (χ1) is 14.3. The number of allylic oxidation sites excluding steroid dienone is 1. The second kappa shape index (κ2) is 17.6. The van der Waals surface area contributed by atoms with Gasteiger partial charge in [0, 0.05) is 24.9 Å². The average molecular weight is 421 g/mol. The molecule has 172 valence electrons. The molecule has 0 atom stereocenters. The van der Waals surface area contributed by atoms with E-state index >= 15 is 0 Å². The van der Waals surface area contributed by atoms with Crippen LogP contribution in [0.2, 0.25) is 0 Å². The molecular formula is C25H44N2O3. The summed E-state index contributed by atoms with van der Waals surface area (Å²) in [6.07, 6.45) is 1.61. The predicted octanol–water partition coefficient (Wildman–Crippen LogP) is 6.18. The maximum Gasteiger partial charge on any atom is 0.218 e. The number of carbonyl (C=O) groups excluding carboxylic acids is 1. The van der Waals surface area contributed by atoms with Crippen LogP contribution in [0.3, 0.4) is 0 Å². The highest BCUT2D eigenvalue weighted by Crippen LogP contribution is 2.27. The summed E-state index contributed by atoms with van der Waals surface area (Å²) in [4.78, 5) is 13.2. The maximum atomic E-state index is 11.8. The molecule has 1 rings (SSSR count). The number of aryl methyl sites for hydroxylation is 2. The van der Waals surface area contributed by atoms with Gasteiger partial charge in [0.1, 0.15) is 12.5 Å². The van der Waals surface area contributed by atoms with Crippen molar-refractivity contribution in [3.05, 3.63) is 53.1 Å². The summed E-state index contributed by atoms with van der Waals surface area (Å²) in [6.45, 7) is 22.9. The molecule has 0 aliphatic heterocycles. The number of ether oxygens (including phenoxy) is 2. The molecule has 1 amide bonds. The van der Waals surface area contributed by atoms with E-state index in [-0.39, 0.29) is 12.6 Å². The van der Waals surface area contributed by atoms with Gasteiger partial charge in [0.15, 0.2) is 0 Å². The Bertz CT molecular complexity index is 632. The molecule has 1 aromatic rings. The third-order valence-electron chi connectivity index (χ3n) is 3.81. The van der Waals surface area contributed by atoms with Gasteiger partial charge in [-0.3, -0.25) is 9.69 Å². The average Bonchev–Trinajstić information content (AvgIpc) is 2.72. The number of hydrogen-bond acceptors (Lipinski definition) is 4. The van der Waals surface area contributed by atoms with Crippen LogP contribution in [-0.2, 0) is 9.53 Å². The standard InChI is InChI=1S/C21H32N2O3.2C2H6/c1-8-9-25-14-23(13-24)21(20(15(2)3)18(6)22-7)26-19-11-16(4)10-17(5)12-19;2*1-2/h10-13,15,22H,6,8-9,14H2,1-5,7H3;2*1-2H3/b21-20+;;. The Hall–Kier alpha value is -2.27. The van der Waals surface area contributed by atoms with E-state index in [1.807, 2.05) is 74.4 Å². The highest BCUT2D eigenvalue weighted by atomic mass is 16.5. The zero-order valence-corrected chi connectivity index (χ0v) is 20.9. The van der Waals surface area contributed by atoms with Crippen molar-refractivity contribution in [1.82, 2.24) is 10.2 Å². The zero-order chi connectivity index (χ0) is 23.7. The SMILES string of the molecule is C=C(NC)/C(=C(/Oc1cc(C)cc(C)c1)N(C=O)COCCC)C(C)C.CC.CC. The number of nitrogens with one attached hydrogen (secondary N) is 1. The Morgan fingerprint density at radius 3 is 2.07 bits per heavy atom. The molecule has 0 spiro atoms. The summed E-state index contributed by atoms with van der Waals surface area (Å²) in [7, 11) is 1.80. The predicted molar refractivity (Wildman–Crippen MR) is 128 cm³/mol. The van der Waals surface area contributed by atoms with Crippen LogP contribution in [0.1, 0.15) is 66.0 Å². The molecular weight excluding hydrogens is 376 g/mol. The highest BCUT2D eigenvalue weighted by Gasteiger charge is 2.22. The molecule has 0 aliphatic carbocycles. The highest BCUT2D eigenvalue weighted by molar-refractivity contribution is 5.52. The molecule has 0 heterocycles. The quantitative estimate of drug-likeness (QED) is 0.153. The van der Waals surface area contributed by atoms with Gasteiger partial charge in [-0.15, -0.1) is 0 Å². The summed E-state index contributed by atoms with van der Waals surface area (Å²) < 4.78 is 11.8. The normalized spacial score (nSPS) is 10.6. The molecule has 30 heavy (non-hydrogen) atoms. The summed E-state index contributed by atoms with van der Waals surface area (Å²) in [5.41, 5.74) is 3.73. The molecule has 0 aromatic heterocycles. The van der Waals surface area contributed by atoms with Crippen LogP contribution in [0, 0.1) is 19.8 Å². The fraction of sp³-hybridized carbons (Fsp3) is 0.560. The van der Waals surface area contributed by atoms with E-state index in [4.69, 9.17) is 9.47 Å². The lowest BCUT2D eigenvalue weighted by Gasteiger charge is -2.27. The Morgan fingerprint density at radius 2 is 1.67 bits per heavy atom. The third-order valence-corrected chi connectivity index (χ3v) is 3.81. The van der Waals surface area contributed by atoms with Gasteiger partial charge in [-0.05, 0) is 49.4 Å². The van der Waals surface area contributed by atoms with Crippen LogP contribution in [0.5, 0.6) is 5.75 Å². The first kappa shape index (κ1) is 29.9. The van der Waals surface area contributed by atoms with Crippen molar-refractivity contribution in [2.45, 2.75) is 68.7 Å². The number of likely N-dealkylation sites (N-methyl/N-ethyl adjacent to an activating group) is 1. The van der Waals surface area contributed by atoms with Crippen molar-refractivity contribution in [2.24, 2.45) is 5.92 Å². The van der Waals surface area contributed by atoms with Gasteiger partial charge in [-0.1, -0.05) is 61.1 Å². The van der Waals surface area contributed by atoms with Crippen LogP contribution >= 0.6 is 0 Å². The van der Waals surface area contributed by atoms with E-state index < -0.39 is 0 Å². The van der Waals surface area contributed by atoms with Crippen molar-refractivity contribution in [3.63, 3.8) is 0 Å². The second-order valence-corrected chi connectivity index (χ2v) is 6.64. The van der Waals surface area contributed by atoms with E-state index in [9.17, 15) is 4.79 Å². The van der Waals surface area contributed by atoms with Crippen LogP contribution < -0.4 is 10.1 Å². The molecule has 5 heteroatoms. The van der Waals surface area contributed by atoms with Gasteiger partial charge in [0.25, 0.3) is 0 Å². The van der Waals surface area contributed by atoms with Gasteiger partial charge in [0.2, 0.25) is 12.3 Å². The Morgan fingerprint density at radius 1 is 1.13 bits per heavy atom. The van der Waals surface area contributed by atoms with E-state index in [2.05, 4.69) is 18.0 Å². The van der Waals surface area contributed by atoms with Crippen molar-refractivity contribution < 1.29 is 14.3 Å². The first-order valence-corrected chi connectivity index (χ1v) is 11.0. The number of rotatable bonds is 11. The Kier molecular flexibility index (Phi) is 17.5. The molecule has 0 unspecified atom stereocenters. The molecule has 0 aliphatic rings. The van der Waals surface area contributed by atoms with Crippen molar-refractivity contribution in [1.29, 1.82) is 0 Å². The zero-order valence-electron chi connectivity index (χ0n) is 20.9. The third kappa shape index (κ3) is 10.5. The minimum atomic E-state index is 0.101. The number of amides is 1. The minimum absolute atomic E-state index is 0.101. The Balaban J connectivity index is 0.